The summed E-state index contributed by atoms with van der Waals surface area (Å²) in [6, 6.07) is 7.30. The van der Waals surface area contributed by atoms with Gasteiger partial charge in [-0.2, -0.15) is 0 Å². The maximum Gasteiger partial charge on any atom is 0.265 e. The first-order chi connectivity index (χ1) is 9.60. The van der Waals surface area contributed by atoms with E-state index in [2.05, 4.69) is 10.3 Å². The Labute approximate surface area is 118 Å². The van der Waals surface area contributed by atoms with Crippen molar-refractivity contribution in [3.63, 3.8) is 0 Å². The van der Waals surface area contributed by atoms with Crippen LogP contribution in [0.5, 0.6) is 0 Å². The molecule has 0 radical (unpaired) electrons. The molecule has 1 aromatic rings. The quantitative estimate of drug-likeness (QED) is 0.461. The van der Waals surface area contributed by atoms with Gasteiger partial charge in [-0.05, 0) is 24.1 Å². The lowest BCUT2D eigenvalue weighted by Gasteiger charge is -2.19. The van der Waals surface area contributed by atoms with Crippen LogP contribution in [0.3, 0.4) is 0 Å². The van der Waals surface area contributed by atoms with Gasteiger partial charge < -0.3 is 4.90 Å². The van der Waals surface area contributed by atoms with Crippen molar-refractivity contribution >= 4 is 11.8 Å². The van der Waals surface area contributed by atoms with Crippen LogP contribution in [-0.2, 0) is 11.3 Å². The van der Waals surface area contributed by atoms with Gasteiger partial charge in [0.15, 0.2) is 0 Å². The fraction of sp³-hybridized carbons (Fsp3) is 0.429. The number of benzene rings is 1. The van der Waals surface area contributed by atoms with Crippen LogP contribution in [0.1, 0.15) is 22.3 Å². The van der Waals surface area contributed by atoms with Crippen LogP contribution < -0.4 is 11.3 Å². The lowest BCUT2D eigenvalue weighted by molar-refractivity contribution is -0.130. The highest BCUT2D eigenvalue weighted by Crippen LogP contribution is 2.11. The fourth-order valence-corrected chi connectivity index (χ4v) is 2.33. The first-order valence-corrected chi connectivity index (χ1v) is 6.66. The topological polar surface area (TPSA) is 78.7 Å². The molecule has 3 N–H and O–H groups in total. The third-order valence-electron chi connectivity index (χ3n) is 3.48. The Morgan fingerprint density at radius 2 is 2.20 bits per heavy atom. The average molecular weight is 276 g/mol. The highest BCUT2D eigenvalue weighted by molar-refractivity contribution is 5.93. The van der Waals surface area contributed by atoms with Crippen molar-refractivity contribution in [3.05, 3.63) is 35.4 Å². The van der Waals surface area contributed by atoms with E-state index in [0.717, 1.165) is 25.1 Å². The van der Waals surface area contributed by atoms with E-state index in [1.807, 2.05) is 19.2 Å². The maximum atomic E-state index is 11.8. The second-order valence-corrected chi connectivity index (χ2v) is 5.05. The SMILES string of the molecule is CN1CCCN(Cc2cccc(C(=O)NN)c2)CC1=O. The van der Waals surface area contributed by atoms with E-state index in [1.54, 1.807) is 17.0 Å². The van der Waals surface area contributed by atoms with Crippen LogP contribution in [-0.4, -0.2) is 48.3 Å². The second kappa shape index (κ2) is 6.49. The van der Waals surface area contributed by atoms with Crippen LogP contribution in [0.25, 0.3) is 0 Å². The number of likely N-dealkylation sites (N-methyl/N-ethyl adjacent to an activating group) is 1. The van der Waals surface area contributed by atoms with E-state index in [0.29, 0.717) is 18.7 Å². The smallest absolute Gasteiger partial charge is 0.265 e. The van der Waals surface area contributed by atoms with Crippen LogP contribution in [0.4, 0.5) is 0 Å². The first-order valence-electron chi connectivity index (χ1n) is 6.66. The number of nitrogens with one attached hydrogen (secondary N) is 1. The summed E-state index contributed by atoms with van der Waals surface area (Å²) in [5, 5.41) is 0. The van der Waals surface area contributed by atoms with Crippen molar-refractivity contribution in [3.8, 4) is 0 Å². The zero-order valence-corrected chi connectivity index (χ0v) is 11.6. The molecule has 0 aromatic heterocycles. The van der Waals surface area contributed by atoms with E-state index in [1.165, 1.54) is 0 Å². The van der Waals surface area contributed by atoms with E-state index in [9.17, 15) is 9.59 Å². The van der Waals surface area contributed by atoms with Crippen LogP contribution >= 0.6 is 0 Å². The third kappa shape index (κ3) is 3.55. The number of hydrazine groups is 1. The Bertz CT molecular complexity index is 504. The van der Waals surface area contributed by atoms with Crippen molar-refractivity contribution in [1.82, 2.24) is 15.2 Å². The minimum atomic E-state index is -0.307. The molecule has 0 aliphatic carbocycles. The largest absolute Gasteiger partial charge is 0.345 e. The van der Waals surface area contributed by atoms with Gasteiger partial charge in [-0.15, -0.1) is 0 Å². The predicted molar refractivity (Wildman–Crippen MR) is 75.6 cm³/mol. The number of carbonyl (C=O) groups is 2. The van der Waals surface area contributed by atoms with Gasteiger partial charge in [-0.3, -0.25) is 19.9 Å². The molecule has 2 rings (SSSR count). The van der Waals surface area contributed by atoms with Gasteiger partial charge in [0.05, 0.1) is 6.54 Å². The number of rotatable bonds is 3. The number of amides is 2. The van der Waals surface area contributed by atoms with Crippen LogP contribution in [0.2, 0.25) is 0 Å². The average Bonchev–Trinajstić information content (AvgIpc) is 2.60. The van der Waals surface area contributed by atoms with Gasteiger partial charge in [0.2, 0.25) is 5.91 Å². The van der Waals surface area contributed by atoms with Gasteiger partial charge in [0, 0.05) is 32.2 Å². The molecule has 0 saturated carbocycles. The van der Waals surface area contributed by atoms with Crippen molar-refractivity contribution < 1.29 is 9.59 Å². The molecule has 108 valence electrons. The number of nitrogens with zero attached hydrogens (tertiary/aromatic N) is 2. The van der Waals surface area contributed by atoms with Crippen LogP contribution in [0.15, 0.2) is 24.3 Å². The summed E-state index contributed by atoms with van der Waals surface area (Å²) in [4.78, 5) is 27.2. The van der Waals surface area contributed by atoms with Gasteiger partial charge in [-0.25, -0.2) is 5.84 Å². The molecule has 1 fully saturated rings. The number of carbonyl (C=O) groups excluding carboxylic acids is 2. The summed E-state index contributed by atoms with van der Waals surface area (Å²) in [5.74, 6) is 4.96. The van der Waals surface area contributed by atoms with Gasteiger partial charge in [0.25, 0.3) is 5.91 Å². The molecule has 2 amide bonds. The Morgan fingerprint density at radius 1 is 1.40 bits per heavy atom. The summed E-state index contributed by atoms with van der Waals surface area (Å²) in [6.07, 6.45) is 0.964. The van der Waals surface area contributed by atoms with Crippen molar-refractivity contribution in [2.24, 2.45) is 5.84 Å². The summed E-state index contributed by atoms with van der Waals surface area (Å²) < 4.78 is 0. The molecule has 0 atom stereocenters. The Balaban J connectivity index is 2.06. The molecule has 1 heterocycles. The standard InChI is InChI=1S/C14H20N4O2/c1-17-6-3-7-18(10-13(17)19)9-11-4-2-5-12(8-11)14(20)16-15/h2,4-5,8H,3,6-7,9-10,15H2,1H3,(H,16,20). The Hall–Kier alpha value is -1.92. The molecular weight excluding hydrogens is 256 g/mol. The summed E-state index contributed by atoms with van der Waals surface area (Å²) in [5.41, 5.74) is 3.66. The monoisotopic (exact) mass is 276 g/mol. The molecule has 0 spiro atoms. The van der Waals surface area contributed by atoms with Crippen molar-refractivity contribution in [1.29, 1.82) is 0 Å². The Kier molecular flexibility index (Phi) is 4.70. The van der Waals surface area contributed by atoms with E-state index in [-0.39, 0.29) is 11.8 Å². The lowest BCUT2D eigenvalue weighted by Crippen LogP contribution is -2.34. The summed E-state index contributed by atoms with van der Waals surface area (Å²) in [7, 11) is 1.83. The third-order valence-corrected chi connectivity index (χ3v) is 3.48. The lowest BCUT2D eigenvalue weighted by atomic mass is 10.1. The highest BCUT2D eigenvalue weighted by Gasteiger charge is 2.19. The minimum absolute atomic E-state index is 0.137. The zero-order valence-electron chi connectivity index (χ0n) is 11.6. The van der Waals surface area contributed by atoms with Crippen molar-refractivity contribution in [2.75, 3.05) is 26.7 Å². The summed E-state index contributed by atoms with van der Waals surface area (Å²) in [6.45, 7) is 2.75. The molecule has 6 heteroatoms. The molecule has 20 heavy (non-hydrogen) atoms. The minimum Gasteiger partial charge on any atom is -0.345 e. The zero-order chi connectivity index (χ0) is 14.5. The second-order valence-electron chi connectivity index (χ2n) is 5.05. The number of hydrogen-bond donors (Lipinski definition) is 2. The van der Waals surface area contributed by atoms with Gasteiger partial charge in [0.1, 0.15) is 0 Å². The van der Waals surface area contributed by atoms with E-state index < -0.39 is 0 Å². The Morgan fingerprint density at radius 3 is 2.95 bits per heavy atom. The molecular formula is C14H20N4O2. The van der Waals surface area contributed by atoms with E-state index >= 15 is 0 Å². The molecule has 0 bridgehead atoms. The maximum absolute atomic E-state index is 11.8. The van der Waals surface area contributed by atoms with Gasteiger partial charge >= 0.3 is 0 Å². The molecule has 1 saturated heterocycles. The summed E-state index contributed by atoms with van der Waals surface area (Å²) >= 11 is 0. The number of nitrogen functional groups attached to an aromatic ring is 1. The highest BCUT2D eigenvalue weighted by atomic mass is 16.2. The van der Waals surface area contributed by atoms with E-state index in [4.69, 9.17) is 5.84 Å². The molecule has 1 aromatic carbocycles. The fourth-order valence-electron chi connectivity index (χ4n) is 2.33. The molecule has 1 aliphatic heterocycles. The predicted octanol–water partition coefficient (Wildman–Crippen LogP) is -0.0458. The van der Waals surface area contributed by atoms with Crippen molar-refractivity contribution in [2.45, 2.75) is 13.0 Å². The van der Waals surface area contributed by atoms with Gasteiger partial charge in [-0.1, -0.05) is 12.1 Å². The number of hydrogen-bond acceptors (Lipinski definition) is 4. The molecule has 1 aliphatic rings. The molecule has 0 unspecified atom stereocenters. The first kappa shape index (κ1) is 14.5. The normalized spacial score (nSPS) is 16.9. The number of nitrogens with two attached hydrogens (primary N) is 1. The van der Waals surface area contributed by atoms with Crippen LogP contribution in [0, 0.1) is 0 Å². The molecule has 6 nitrogen and oxygen atoms in total.